The minimum absolute atomic E-state index is 0.316. The van der Waals surface area contributed by atoms with Gasteiger partial charge < -0.3 is 10.1 Å². The Labute approximate surface area is 127 Å². The maximum Gasteiger partial charge on any atom is 0.225 e. The van der Waals surface area contributed by atoms with Crippen molar-refractivity contribution in [1.82, 2.24) is 9.97 Å². The normalized spacial score (nSPS) is 16.7. The van der Waals surface area contributed by atoms with E-state index in [0.717, 1.165) is 55.1 Å². The van der Waals surface area contributed by atoms with Gasteiger partial charge in [-0.25, -0.2) is 9.97 Å². The molecule has 1 fully saturated rings. The third-order valence-corrected chi connectivity index (χ3v) is 5.01. The average Bonchev–Trinajstić information content (AvgIpc) is 2.88. The van der Waals surface area contributed by atoms with E-state index in [0.29, 0.717) is 11.2 Å². The number of anilines is 1. The third-order valence-electron chi connectivity index (χ3n) is 3.66. The number of rotatable bonds is 4. The third kappa shape index (κ3) is 3.05. The van der Waals surface area contributed by atoms with Crippen LogP contribution in [0.1, 0.15) is 24.6 Å². The first-order valence-electron chi connectivity index (χ1n) is 7.04. The van der Waals surface area contributed by atoms with Gasteiger partial charge in [0.25, 0.3) is 0 Å². The molecule has 0 radical (unpaired) electrons. The molecule has 1 saturated heterocycles. The molecule has 0 amide bonds. The molecule has 1 aliphatic heterocycles. The fraction of sp³-hybridized carbons (Fsp3) is 0.571. The highest BCUT2D eigenvalue weighted by Gasteiger charge is 2.15. The molecule has 4 nitrogen and oxygen atoms in total. The summed E-state index contributed by atoms with van der Waals surface area (Å²) in [6, 6.07) is 2.17. The predicted molar refractivity (Wildman–Crippen MR) is 83.8 cm³/mol. The smallest absolute Gasteiger partial charge is 0.225 e. The summed E-state index contributed by atoms with van der Waals surface area (Å²) in [7, 11) is 0. The first kappa shape index (κ1) is 14.0. The van der Waals surface area contributed by atoms with Gasteiger partial charge >= 0.3 is 0 Å². The van der Waals surface area contributed by atoms with E-state index >= 15 is 0 Å². The fourth-order valence-corrected chi connectivity index (χ4v) is 3.63. The molecule has 2 aromatic rings. The molecule has 3 rings (SSSR count). The average molecular weight is 312 g/mol. The number of ether oxygens (including phenoxy) is 1. The first-order chi connectivity index (χ1) is 9.76. The minimum Gasteiger partial charge on any atom is -0.381 e. The second kappa shape index (κ2) is 6.24. The molecular weight excluding hydrogens is 294 g/mol. The highest BCUT2D eigenvalue weighted by molar-refractivity contribution is 7.18. The van der Waals surface area contributed by atoms with Gasteiger partial charge in [-0.1, -0.05) is 6.92 Å². The van der Waals surface area contributed by atoms with Gasteiger partial charge in [-0.15, -0.1) is 11.3 Å². The molecule has 2 aromatic heterocycles. The van der Waals surface area contributed by atoms with Crippen LogP contribution in [0.15, 0.2) is 6.07 Å². The number of hydrogen-bond acceptors (Lipinski definition) is 5. The van der Waals surface area contributed by atoms with Crippen LogP contribution in [0.25, 0.3) is 10.2 Å². The topological polar surface area (TPSA) is 47.0 Å². The van der Waals surface area contributed by atoms with Crippen LogP contribution in [0.3, 0.4) is 0 Å². The van der Waals surface area contributed by atoms with Gasteiger partial charge in [-0.3, -0.25) is 0 Å². The monoisotopic (exact) mass is 311 g/mol. The number of fused-ring (bicyclic) bond motifs is 1. The van der Waals surface area contributed by atoms with E-state index in [1.165, 1.54) is 4.88 Å². The molecule has 0 spiro atoms. The molecule has 1 N–H and O–H groups in total. The van der Waals surface area contributed by atoms with Crippen molar-refractivity contribution in [1.29, 1.82) is 0 Å². The summed E-state index contributed by atoms with van der Waals surface area (Å²) in [4.78, 5) is 10.9. The van der Waals surface area contributed by atoms with Gasteiger partial charge in [0.15, 0.2) is 0 Å². The zero-order valence-corrected chi connectivity index (χ0v) is 13.1. The molecule has 3 heterocycles. The quantitative estimate of drug-likeness (QED) is 0.874. The van der Waals surface area contributed by atoms with E-state index in [-0.39, 0.29) is 0 Å². The molecule has 20 heavy (non-hydrogen) atoms. The summed E-state index contributed by atoms with van der Waals surface area (Å²) in [5, 5.41) is 4.85. The summed E-state index contributed by atoms with van der Waals surface area (Å²) >= 11 is 7.71. The molecule has 0 bridgehead atoms. The minimum atomic E-state index is 0.316. The van der Waals surface area contributed by atoms with Crippen molar-refractivity contribution < 1.29 is 4.74 Å². The molecular formula is C14H18ClN3OS. The summed E-state index contributed by atoms with van der Waals surface area (Å²) in [6.07, 6.45) is 3.23. The Bertz CT molecular complexity index is 595. The number of halogens is 1. The largest absolute Gasteiger partial charge is 0.381 e. The van der Waals surface area contributed by atoms with Crippen LogP contribution in [0.4, 0.5) is 5.82 Å². The van der Waals surface area contributed by atoms with Crippen molar-refractivity contribution in [3.05, 3.63) is 16.2 Å². The van der Waals surface area contributed by atoms with Crippen molar-refractivity contribution in [2.45, 2.75) is 26.2 Å². The maximum atomic E-state index is 6.02. The Balaban J connectivity index is 1.80. The molecule has 108 valence electrons. The lowest BCUT2D eigenvalue weighted by Crippen LogP contribution is -2.23. The second-order valence-electron chi connectivity index (χ2n) is 5.06. The second-order valence-corrected chi connectivity index (χ2v) is 6.52. The van der Waals surface area contributed by atoms with E-state index in [9.17, 15) is 0 Å². The van der Waals surface area contributed by atoms with Crippen molar-refractivity contribution in [2.75, 3.05) is 25.1 Å². The molecule has 0 saturated carbocycles. The Hall–Kier alpha value is -0.910. The van der Waals surface area contributed by atoms with Crippen molar-refractivity contribution in [3.8, 4) is 0 Å². The number of hydrogen-bond donors (Lipinski definition) is 1. The zero-order chi connectivity index (χ0) is 13.9. The van der Waals surface area contributed by atoms with Crippen molar-refractivity contribution in [2.24, 2.45) is 5.92 Å². The standard InChI is InChI=1S/C14H18ClN3OS/c1-2-10-7-11-12(17-14(15)18-13(11)20-10)16-8-9-3-5-19-6-4-9/h7,9H,2-6,8H2,1H3,(H,16,17,18). The SMILES string of the molecule is CCc1cc2c(NCC3CCOCC3)nc(Cl)nc2s1. The van der Waals surface area contributed by atoms with Gasteiger partial charge in [0, 0.05) is 24.6 Å². The summed E-state index contributed by atoms with van der Waals surface area (Å²) in [6.45, 7) is 4.80. The number of thiophene rings is 1. The lowest BCUT2D eigenvalue weighted by Gasteiger charge is -2.22. The predicted octanol–water partition coefficient (Wildman–Crippen LogP) is 3.75. The van der Waals surface area contributed by atoms with E-state index < -0.39 is 0 Å². The maximum absolute atomic E-state index is 6.02. The van der Waals surface area contributed by atoms with Crippen LogP contribution in [0.2, 0.25) is 5.28 Å². The molecule has 0 aromatic carbocycles. The summed E-state index contributed by atoms with van der Waals surface area (Å²) < 4.78 is 5.39. The zero-order valence-electron chi connectivity index (χ0n) is 11.5. The van der Waals surface area contributed by atoms with E-state index in [2.05, 4.69) is 28.3 Å². The number of nitrogens with zero attached hydrogens (tertiary/aromatic N) is 2. The number of nitrogens with one attached hydrogen (secondary N) is 1. The lowest BCUT2D eigenvalue weighted by atomic mass is 10.0. The Morgan fingerprint density at radius 2 is 2.20 bits per heavy atom. The fourth-order valence-electron chi connectivity index (χ4n) is 2.45. The molecule has 0 aliphatic carbocycles. The molecule has 0 unspecified atom stereocenters. The number of aryl methyl sites for hydroxylation is 1. The van der Waals surface area contributed by atoms with Crippen LogP contribution >= 0.6 is 22.9 Å². The Kier molecular flexibility index (Phi) is 4.38. The first-order valence-corrected chi connectivity index (χ1v) is 8.23. The highest BCUT2D eigenvalue weighted by Crippen LogP contribution is 2.30. The van der Waals surface area contributed by atoms with Crippen LogP contribution in [0, 0.1) is 5.92 Å². The molecule has 6 heteroatoms. The van der Waals surface area contributed by atoms with E-state index in [1.54, 1.807) is 11.3 Å². The number of aromatic nitrogens is 2. The van der Waals surface area contributed by atoms with Crippen LogP contribution in [-0.4, -0.2) is 29.7 Å². The highest BCUT2D eigenvalue weighted by atomic mass is 35.5. The lowest BCUT2D eigenvalue weighted by molar-refractivity contribution is 0.0699. The summed E-state index contributed by atoms with van der Waals surface area (Å²) in [5.74, 6) is 1.51. The van der Waals surface area contributed by atoms with Crippen LogP contribution in [-0.2, 0) is 11.2 Å². The Morgan fingerprint density at radius 3 is 2.95 bits per heavy atom. The Morgan fingerprint density at radius 1 is 1.40 bits per heavy atom. The van der Waals surface area contributed by atoms with Gasteiger partial charge in [0.2, 0.25) is 5.28 Å². The van der Waals surface area contributed by atoms with Gasteiger partial charge in [-0.2, -0.15) is 0 Å². The van der Waals surface area contributed by atoms with Gasteiger partial charge in [0.05, 0.1) is 5.39 Å². The van der Waals surface area contributed by atoms with Gasteiger partial charge in [-0.05, 0) is 42.8 Å². The summed E-state index contributed by atoms with van der Waals surface area (Å²) in [5.41, 5.74) is 0. The molecule has 0 atom stereocenters. The van der Waals surface area contributed by atoms with Crippen LogP contribution < -0.4 is 5.32 Å². The molecule has 1 aliphatic rings. The van der Waals surface area contributed by atoms with E-state index in [4.69, 9.17) is 16.3 Å². The van der Waals surface area contributed by atoms with Crippen molar-refractivity contribution >= 4 is 39.0 Å². The van der Waals surface area contributed by atoms with Crippen molar-refractivity contribution in [3.63, 3.8) is 0 Å². The van der Waals surface area contributed by atoms with E-state index in [1.807, 2.05) is 0 Å². The van der Waals surface area contributed by atoms with Gasteiger partial charge in [0.1, 0.15) is 10.6 Å². The van der Waals surface area contributed by atoms with Crippen LogP contribution in [0.5, 0.6) is 0 Å².